The van der Waals surface area contributed by atoms with Crippen molar-refractivity contribution in [1.29, 1.82) is 0 Å². The molecule has 0 fully saturated rings. The fraction of sp³-hybridized carbons (Fsp3) is 0.227. The number of carbonyl (C=O) groups is 1. The van der Waals surface area contributed by atoms with Crippen molar-refractivity contribution in [2.75, 3.05) is 11.9 Å². The Bertz CT molecular complexity index is 1030. The van der Waals surface area contributed by atoms with Gasteiger partial charge in [-0.2, -0.15) is 0 Å². The third kappa shape index (κ3) is 5.07. The Balaban J connectivity index is 1.67. The zero-order chi connectivity index (χ0) is 19.9. The summed E-state index contributed by atoms with van der Waals surface area (Å²) >= 11 is 0. The molecule has 0 aliphatic heterocycles. The van der Waals surface area contributed by atoms with E-state index in [0.29, 0.717) is 36.7 Å². The number of hydrogen-bond acceptors (Lipinski definition) is 4. The van der Waals surface area contributed by atoms with E-state index in [-0.39, 0.29) is 11.5 Å². The van der Waals surface area contributed by atoms with E-state index in [4.69, 9.17) is 4.74 Å². The van der Waals surface area contributed by atoms with Crippen LogP contribution in [-0.2, 0) is 11.2 Å². The summed E-state index contributed by atoms with van der Waals surface area (Å²) in [7, 11) is 0. The molecule has 6 heteroatoms. The summed E-state index contributed by atoms with van der Waals surface area (Å²) in [5.41, 5.74) is 2.84. The van der Waals surface area contributed by atoms with Crippen LogP contribution in [0.15, 0.2) is 59.4 Å². The molecule has 28 heavy (non-hydrogen) atoms. The average Bonchev–Trinajstić information content (AvgIpc) is 2.67. The summed E-state index contributed by atoms with van der Waals surface area (Å²) in [6, 6.07) is 16.4. The van der Waals surface area contributed by atoms with Crippen LogP contribution in [0.2, 0.25) is 0 Å². The first-order valence-corrected chi connectivity index (χ1v) is 9.24. The van der Waals surface area contributed by atoms with Gasteiger partial charge >= 0.3 is 0 Å². The zero-order valence-electron chi connectivity index (χ0n) is 16.0. The first-order valence-electron chi connectivity index (χ1n) is 9.24. The van der Waals surface area contributed by atoms with Crippen molar-refractivity contribution in [3.8, 4) is 17.1 Å². The van der Waals surface area contributed by atoms with Gasteiger partial charge in [0.1, 0.15) is 11.6 Å². The number of nitrogens with zero attached hydrogens (tertiary/aromatic N) is 1. The van der Waals surface area contributed by atoms with E-state index >= 15 is 0 Å². The normalized spacial score (nSPS) is 10.5. The Morgan fingerprint density at radius 1 is 1.14 bits per heavy atom. The van der Waals surface area contributed by atoms with Gasteiger partial charge in [0.25, 0.3) is 5.56 Å². The Labute approximate surface area is 163 Å². The number of nitrogens with one attached hydrogen (secondary N) is 2. The standard InChI is InChI=1S/C22H23N3O3/c1-3-28-19-10-5-4-7-16(19)11-12-20(26)24-18-9-6-8-17(14-18)22-23-15(2)13-21(27)25-22/h4-10,13-14H,3,11-12H2,1-2H3,(H,24,26)(H,23,25,27). The highest BCUT2D eigenvalue weighted by molar-refractivity contribution is 5.91. The van der Waals surface area contributed by atoms with Crippen molar-refractivity contribution in [1.82, 2.24) is 9.97 Å². The van der Waals surface area contributed by atoms with E-state index < -0.39 is 0 Å². The van der Waals surface area contributed by atoms with Gasteiger partial charge in [-0.15, -0.1) is 0 Å². The smallest absolute Gasteiger partial charge is 0.251 e. The first kappa shape index (κ1) is 19.4. The lowest BCUT2D eigenvalue weighted by atomic mass is 10.1. The third-order valence-corrected chi connectivity index (χ3v) is 4.18. The summed E-state index contributed by atoms with van der Waals surface area (Å²) in [5, 5.41) is 2.90. The molecule has 1 amide bonds. The average molecular weight is 377 g/mol. The van der Waals surface area contributed by atoms with Crippen LogP contribution in [0, 0.1) is 6.92 Å². The lowest BCUT2D eigenvalue weighted by Gasteiger charge is -2.10. The van der Waals surface area contributed by atoms with Crippen LogP contribution in [0.5, 0.6) is 5.75 Å². The Morgan fingerprint density at radius 2 is 1.96 bits per heavy atom. The minimum Gasteiger partial charge on any atom is -0.494 e. The molecule has 0 spiro atoms. The summed E-state index contributed by atoms with van der Waals surface area (Å²) < 4.78 is 5.60. The van der Waals surface area contributed by atoms with Gasteiger partial charge in [-0.05, 0) is 44.0 Å². The number of aromatic nitrogens is 2. The summed E-state index contributed by atoms with van der Waals surface area (Å²) in [5.74, 6) is 1.20. The Morgan fingerprint density at radius 3 is 2.75 bits per heavy atom. The second-order valence-electron chi connectivity index (χ2n) is 6.41. The molecule has 0 saturated heterocycles. The maximum atomic E-state index is 12.4. The maximum Gasteiger partial charge on any atom is 0.251 e. The molecule has 0 atom stereocenters. The van der Waals surface area contributed by atoms with Gasteiger partial charge in [-0.3, -0.25) is 9.59 Å². The highest BCUT2D eigenvalue weighted by atomic mass is 16.5. The number of hydrogen-bond donors (Lipinski definition) is 2. The largest absolute Gasteiger partial charge is 0.494 e. The van der Waals surface area contributed by atoms with E-state index in [1.54, 1.807) is 13.0 Å². The van der Waals surface area contributed by atoms with Crippen molar-refractivity contribution < 1.29 is 9.53 Å². The van der Waals surface area contributed by atoms with Crippen molar-refractivity contribution in [3.05, 3.63) is 76.2 Å². The topological polar surface area (TPSA) is 84.1 Å². The van der Waals surface area contributed by atoms with Gasteiger partial charge < -0.3 is 15.0 Å². The quantitative estimate of drug-likeness (QED) is 0.657. The molecule has 3 rings (SSSR count). The molecule has 1 heterocycles. The second-order valence-corrected chi connectivity index (χ2v) is 6.41. The first-order chi connectivity index (χ1) is 13.5. The van der Waals surface area contributed by atoms with Gasteiger partial charge in [0.05, 0.1) is 6.61 Å². The molecule has 2 N–H and O–H groups in total. The number of H-pyrrole nitrogens is 1. The molecular formula is C22H23N3O3. The monoisotopic (exact) mass is 377 g/mol. The number of aromatic amines is 1. The minimum absolute atomic E-state index is 0.0888. The number of ether oxygens (including phenoxy) is 1. The third-order valence-electron chi connectivity index (χ3n) is 4.18. The Kier molecular flexibility index (Phi) is 6.22. The lowest BCUT2D eigenvalue weighted by molar-refractivity contribution is -0.116. The van der Waals surface area contributed by atoms with Crippen LogP contribution in [0.1, 0.15) is 24.6 Å². The molecule has 0 unspecified atom stereocenters. The molecule has 6 nitrogen and oxygen atoms in total. The predicted molar refractivity (Wildman–Crippen MR) is 110 cm³/mol. The molecule has 144 valence electrons. The van der Waals surface area contributed by atoms with Crippen LogP contribution < -0.4 is 15.6 Å². The van der Waals surface area contributed by atoms with Crippen LogP contribution in [-0.4, -0.2) is 22.5 Å². The molecule has 3 aromatic rings. The summed E-state index contributed by atoms with van der Waals surface area (Å²) in [4.78, 5) is 31.1. The van der Waals surface area contributed by atoms with Crippen LogP contribution >= 0.6 is 0 Å². The van der Waals surface area contributed by atoms with Crippen molar-refractivity contribution >= 4 is 11.6 Å². The summed E-state index contributed by atoms with van der Waals surface area (Å²) in [6.07, 6.45) is 0.933. The Hall–Kier alpha value is -3.41. The van der Waals surface area contributed by atoms with E-state index in [9.17, 15) is 9.59 Å². The maximum absolute atomic E-state index is 12.4. The SMILES string of the molecule is CCOc1ccccc1CCC(=O)Nc1cccc(-c2nc(C)cc(=O)[nH]2)c1. The molecule has 0 radical (unpaired) electrons. The van der Waals surface area contributed by atoms with Crippen molar-refractivity contribution in [2.24, 2.45) is 0 Å². The molecule has 0 bridgehead atoms. The highest BCUT2D eigenvalue weighted by Gasteiger charge is 2.09. The number of aryl methyl sites for hydroxylation is 2. The number of anilines is 1. The van der Waals surface area contributed by atoms with Gasteiger partial charge in [0, 0.05) is 29.4 Å². The summed E-state index contributed by atoms with van der Waals surface area (Å²) in [6.45, 7) is 4.29. The zero-order valence-corrected chi connectivity index (χ0v) is 16.0. The van der Waals surface area contributed by atoms with E-state index in [2.05, 4.69) is 15.3 Å². The van der Waals surface area contributed by atoms with E-state index in [1.165, 1.54) is 6.07 Å². The van der Waals surface area contributed by atoms with Crippen molar-refractivity contribution in [3.63, 3.8) is 0 Å². The second kappa shape index (κ2) is 8.99. The van der Waals surface area contributed by atoms with Gasteiger partial charge in [-0.1, -0.05) is 30.3 Å². The molecule has 0 aliphatic carbocycles. The van der Waals surface area contributed by atoms with Gasteiger partial charge in [-0.25, -0.2) is 4.98 Å². The molecule has 0 aliphatic rings. The molecule has 1 aromatic heterocycles. The van der Waals surface area contributed by atoms with Crippen LogP contribution in [0.4, 0.5) is 5.69 Å². The number of rotatable bonds is 7. The minimum atomic E-state index is -0.204. The van der Waals surface area contributed by atoms with E-state index in [1.807, 2.05) is 49.4 Å². The lowest BCUT2D eigenvalue weighted by Crippen LogP contribution is -2.13. The fourth-order valence-corrected chi connectivity index (χ4v) is 2.94. The van der Waals surface area contributed by atoms with Crippen LogP contribution in [0.3, 0.4) is 0 Å². The number of amides is 1. The van der Waals surface area contributed by atoms with Crippen molar-refractivity contribution in [2.45, 2.75) is 26.7 Å². The van der Waals surface area contributed by atoms with Gasteiger partial charge in [0.15, 0.2) is 0 Å². The van der Waals surface area contributed by atoms with E-state index in [0.717, 1.165) is 16.9 Å². The number of benzene rings is 2. The van der Waals surface area contributed by atoms with Gasteiger partial charge in [0.2, 0.25) is 5.91 Å². The molecule has 2 aromatic carbocycles. The highest BCUT2D eigenvalue weighted by Crippen LogP contribution is 2.21. The predicted octanol–water partition coefficient (Wildman–Crippen LogP) is 3.72. The fourth-order valence-electron chi connectivity index (χ4n) is 2.94. The molecule has 0 saturated carbocycles. The number of carbonyl (C=O) groups excluding carboxylic acids is 1. The molecular weight excluding hydrogens is 354 g/mol. The van der Waals surface area contributed by atoms with Crippen LogP contribution in [0.25, 0.3) is 11.4 Å². The number of para-hydroxylation sites is 1.